The molecule has 0 aliphatic heterocycles. The average molecular weight is 279 g/mol. The maximum Gasteiger partial charge on any atom is 0.419 e. The summed E-state index contributed by atoms with van der Waals surface area (Å²) in [5.41, 5.74) is -3.65. The van der Waals surface area contributed by atoms with Gasteiger partial charge in [-0.05, 0) is 17.7 Å². The smallest absolute Gasteiger partial charge is 0.419 e. The number of phenols is 1. The third-order valence-electron chi connectivity index (χ3n) is 1.98. The van der Waals surface area contributed by atoms with E-state index in [1.165, 1.54) is 0 Å². The van der Waals surface area contributed by atoms with Gasteiger partial charge in [0.05, 0.1) is 11.1 Å². The molecule has 0 aromatic heterocycles. The third-order valence-corrected chi connectivity index (χ3v) is 2.26. The molecule has 0 fully saturated rings. The van der Waals surface area contributed by atoms with Gasteiger partial charge in [-0.3, -0.25) is 0 Å². The Morgan fingerprint density at radius 1 is 0.941 bits per heavy atom. The molecular weight excluding hydrogens is 274 g/mol. The van der Waals surface area contributed by atoms with Crippen molar-refractivity contribution in [1.82, 2.24) is 0 Å². The van der Waals surface area contributed by atoms with Crippen molar-refractivity contribution in [3.8, 4) is 5.75 Å². The largest absolute Gasteiger partial charge is 0.507 e. The van der Waals surface area contributed by atoms with Crippen molar-refractivity contribution in [2.45, 2.75) is 18.2 Å². The predicted octanol–water partition coefficient (Wildman–Crippen LogP) is 4.17. The van der Waals surface area contributed by atoms with E-state index < -0.39 is 40.7 Å². The topological polar surface area (TPSA) is 20.2 Å². The van der Waals surface area contributed by atoms with Gasteiger partial charge >= 0.3 is 12.4 Å². The Balaban J connectivity index is 3.46. The molecule has 0 saturated heterocycles. The second-order valence-electron chi connectivity index (χ2n) is 3.16. The van der Waals surface area contributed by atoms with E-state index in [1.54, 1.807) is 0 Å². The van der Waals surface area contributed by atoms with Crippen molar-refractivity contribution in [3.05, 3.63) is 28.8 Å². The fourth-order valence-corrected chi connectivity index (χ4v) is 1.46. The molecule has 8 heteroatoms. The normalized spacial score (nSPS) is 12.9. The monoisotopic (exact) mass is 278 g/mol. The van der Waals surface area contributed by atoms with Crippen molar-refractivity contribution < 1.29 is 31.4 Å². The van der Waals surface area contributed by atoms with Crippen molar-refractivity contribution >= 4 is 11.6 Å². The van der Waals surface area contributed by atoms with Crippen LogP contribution in [0.25, 0.3) is 0 Å². The fraction of sp³-hybridized carbons (Fsp3) is 0.333. The van der Waals surface area contributed by atoms with Gasteiger partial charge in [0.15, 0.2) is 0 Å². The summed E-state index contributed by atoms with van der Waals surface area (Å²) in [6.07, 6.45) is -9.80. The Hall–Kier alpha value is -1.11. The first-order chi connectivity index (χ1) is 7.57. The van der Waals surface area contributed by atoms with E-state index >= 15 is 0 Å². The lowest BCUT2D eigenvalue weighted by molar-refractivity contribution is -0.142. The lowest BCUT2D eigenvalue weighted by atomic mass is 10.0. The summed E-state index contributed by atoms with van der Waals surface area (Å²) in [5, 5.41) is 8.95. The highest BCUT2D eigenvalue weighted by Gasteiger charge is 2.39. The minimum atomic E-state index is -4.94. The highest BCUT2D eigenvalue weighted by molar-refractivity contribution is 6.17. The Morgan fingerprint density at radius 2 is 1.41 bits per heavy atom. The van der Waals surface area contributed by atoms with E-state index in [9.17, 15) is 26.3 Å². The molecule has 0 bridgehead atoms. The molecule has 0 amide bonds. The summed E-state index contributed by atoms with van der Waals surface area (Å²) in [5.74, 6) is -2.21. The molecular formula is C9H5ClF6O. The van der Waals surface area contributed by atoms with E-state index in [2.05, 4.69) is 0 Å². The van der Waals surface area contributed by atoms with Crippen LogP contribution in [0.2, 0.25) is 0 Å². The average Bonchev–Trinajstić information content (AvgIpc) is 2.14. The highest BCUT2D eigenvalue weighted by atomic mass is 35.5. The summed E-state index contributed by atoms with van der Waals surface area (Å²) >= 11 is 5.16. The molecule has 0 aliphatic carbocycles. The molecule has 1 rings (SSSR count). The Labute approximate surface area is 96.6 Å². The maximum absolute atomic E-state index is 12.4. The molecule has 1 aromatic carbocycles. The summed E-state index contributed by atoms with van der Waals surface area (Å²) in [6, 6.07) is 0.228. The molecule has 1 aromatic rings. The van der Waals surface area contributed by atoms with Gasteiger partial charge in [0.2, 0.25) is 0 Å². The number of hydrogen-bond acceptors (Lipinski definition) is 1. The third kappa shape index (κ3) is 2.96. The van der Waals surface area contributed by atoms with Gasteiger partial charge in [-0.15, -0.1) is 11.6 Å². The molecule has 1 nitrogen and oxygen atoms in total. The first-order valence-corrected chi connectivity index (χ1v) is 4.67. The molecule has 17 heavy (non-hydrogen) atoms. The lowest BCUT2D eigenvalue weighted by Gasteiger charge is -2.15. The van der Waals surface area contributed by atoms with Crippen molar-refractivity contribution in [3.63, 3.8) is 0 Å². The number of halogens is 7. The van der Waals surface area contributed by atoms with Gasteiger partial charge in [-0.2, -0.15) is 26.3 Å². The van der Waals surface area contributed by atoms with Crippen LogP contribution in [-0.2, 0) is 18.2 Å². The van der Waals surface area contributed by atoms with Gasteiger partial charge in [-0.25, -0.2) is 0 Å². The zero-order valence-corrected chi connectivity index (χ0v) is 8.71. The molecule has 0 spiro atoms. The minimum Gasteiger partial charge on any atom is -0.507 e. The number of aromatic hydroxyl groups is 1. The highest BCUT2D eigenvalue weighted by Crippen LogP contribution is 2.41. The Morgan fingerprint density at radius 3 is 1.76 bits per heavy atom. The van der Waals surface area contributed by atoms with Gasteiger partial charge in [0.1, 0.15) is 5.75 Å². The van der Waals surface area contributed by atoms with Crippen molar-refractivity contribution in [2.24, 2.45) is 0 Å². The van der Waals surface area contributed by atoms with Gasteiger partial charge < -0.3 is 5.11 Å². The second kappa shape index (κ2) is 4.29. The van der Waals surface area contributed by atoms with Crippen LogP contribution >= 0.6 is 11.6 Å². The number of hydrogen-bond donors (Lipinski definition) is 1. The summed E-state index contributed by atoms with van der Waals surface area (Å²) < 4.78 is 74.1. The van der Waals surface area contributed by atoms with E-state index in [0.29, 0.717) is 0 Å². The summed E-state index contributed by atoms with van der Waals surface area (Å²) in [7, 11) is 0. The summed E-state index contributed by atoms with van der Waals surface area (Å²) in [4.78, 5) is 0. The van der Waals surface area contributed by atoms with Crippen LogP contribution in [0.3, 0.4) is 0 Å². The molecule has 0 heterocycles. The van der Waals surface area contributed by atoms with Gasteiger partial charge in [0, 0.05) is 5.88 Å². The Bertz CT molecular complexity index is 423. The summed E-state index contributed by atoms with van der Waals surface area (Å²) in [6.45, 7) is 0. The fourth-order valence-electron chi connectivity index (χ4n) is 1.23. The van der Waals surface area contributed by atoms with Gasteiger partial charge in [0.25, 0.3) is 0 Å². The predicted molar refractivity (Wildman–Crippen MR) is 47.7 cm³/mol. The molecule has 0 aliphatic rings. The van der Waals surface area contributed by atoms with E-state index in [1.807, 2.05) is 0 Å². The number of rotatable bonds is 1. The molecule has 0 unspecified atom stereocenters. The Kier molecular flexibility index (Phi) is 3.52. The second-order valence-corrected chi connectivity index (χ2v) is 3.42. The molecule has 1 N–H and O–H groups in total. The van der Waals surface area contributed by atoms with E-state index in [-0.39, 0.29) is 12.1 Å². The van der Waals surface area contributed by atoms with Crippen LogP contribution in [-0.4, -0.2) is 5.11 Å². The van der Waals surface area contributed by atoms with Crippen molar-refractivity contribution in [2.75, 3.05) is 0 Å². The first-order valence-electron chi connectivity index (χ1n) is 4.13. The molecule has 0 saturated carbocycles. The van der Waals surface area contributed by atoms with Crippen LogP contribution in [0.15, 0.2) is 12.1 Å². The van der Waals surface area contributed by atoms with Crippen LogP contribution < -0.4 is 0 Å². The number of benzene rings is 1. The number of alkyl halides is 7. The quantitative estimate of drug-likeness (QED) is 0.604. The van der Waals surface area contributed by atoms with Crippen LogP contribution in [0.4, 0.5) is 26.3 Å². The van der Waals surface area contributed by atoms with E-state index in [0.717, 1.165) is 0 Å². The van der Waals surface area contributed by atoms with Crippen LogP contribution in [0.1, 0.15) is 16.7 Å². The minimum absolute atomic E-state index is 0.0283. The molecule has 0 atom stereocenters. The number of phenolic OH excluding ortho intramolecular Hbond substituents is 1. The zero-order valence-electron chi connectivity index (χ0n) is 7.95. The van der Waals surface area contributed by atoms with Crippen molar-refractivity contribution in [1.29, 1.82) is 0 Å². The lowest BCUT2D eigenvalue weighted by Crippen LogP contribution is -2.12. The molecule has 96 valence electrons. The SMILES string of the molecule is Oc1cc(C(F)(F)F)c(CCl)cc1C(F)(F)F. The first kappa shape index (κ1) is 14.0. The molecule has 0 radical (unpaired) electrons. The maximum atomic E-state index is 12.4. The van der Waals surface area contributed by atoms with Crippen LogP contribution in [0, 0.1) is 0 Å². The standard InChI is InChI=1S/C9H5ClF6O/c10-3-4-1-6(9(14,15)16)7(17)2-5(4)8(11,12)13/h1-2,17H,3H2. The van der Waals surface area contributed by atoms with E-state index in [4.69, 9.17) is 16.7 Å². The van der Waals surface area contributed by atoms with Crippen LogP contribution in [0.5, 0.6) is 5.75 Å². The zero-order chi connectivity index (χ0) is 13.4. The van der Waals surface area contributed by atoms with Gasteiger partial charge in [-0.1, -0.05) is 0 Å².